The van der Waals surface area contributed by atoms with Gasteiger partial charge >= 0.3 is 6.03 Å². The van der Waals surface area contributed by atoms with Crippen LogP contribution in [0.2, 0.25) is 0 Å². The molecule has 0 bridgehead atoms. The maximum atomic E-state index is 13.6. The van der Waals surface area contributed by atoms with Crippen LogP contribution in [0.3, 0.4) is 0 Å². The predicted molar refractivity (Wildman–Crippen MR) is 154 cm³/mol. The van der Waals surface area contributed by atoms with Gasteiger partial charge in [0.05, 0.1) is 15.4 Å². The van der Waals surface area contributed by atoms with Crippen LogP contribution in [0, 0.1) is 0 Å². The molecular formula is C29H29IN4O. The maximum absolute atomic E-state index is 13.6. The van der Waals surface area contributed by atoms with Crippen LogP contribution >= 0.6 is 22.6 Å². The molecule has 1 N–H and O–H groups in total. The highest BCUT2D eigenvalue weighted by molar-refractivity contribution is 14.1. The second-order valence-electron chi connectivity index (χ2n) is 9.25. The number of carbonyl (C=O) groups is 1. The summed E-state index contributed by atoms with van der Waals surface area (Å²) in [7, 11) is 4.20. The summed E-state index contributed by atoms with van der Waals surface area (Å²) in [5, 5.41) is 5.35. The average molecular weight is 576 g/mol. The van der Waals surface area contributed by atoms with Crippen LogP contribution in [0.15, 0.2) is 79.1 Å². The monoisotopic (exact) mass is 576 g/mol. The number of pyridine rings is 1. The van der Waals surface area contributed by atoms with Crippen LogP contribution in [0.4, 0.5) is 16.2 Å². The summed E-state index contributed by atoms with van der Waals surface area (Å²) in [4.78, 5) is 21.9. The van der Waals surface area contributed by atoms with Gasteiger partial charge < -0.3 is 10.2 Å². The second kappa shape index (κ2) is 10.3. The molecule has 0 saturated heterocycles. The first-order valence-electron chi connectivity index (χ1n) is 11.9. The summed E-state index contributed by atoms with van der Waals surface area (Å²) in [6.07, 6.45) is 6.58. The number of rotatable bonds is 6. The molecule has 5 rings (SSSR count). The lowest BCUT2D eigenvalue weighted by Crippen LogP contribution is -2.37. The van der Waals surface area contributed by atoms with E-state index in [4.69, 9.17) is 0 Å². The fourth-order valence-corrected chi connectivity index (χ4v) is 5.82. The molecule has 0 aliphatic carbocycles. The highest BCUT2D eigenvalue weighted by Crippen LogP contribution is 2.38. The van der Waals surface area contributed by atoms with E-state index in [2.05, 4.69) is 88.3 Å². The molecule has 35 heavy (non-hydrogen) atoms. The zero-order valence-corrected chi connectivity index (χ0v) is 22.2. The van der Waals surface area contributed by atoms with Crippen LogP contribution in [-0.2, 0) is 12.8 Å². The Kier molecular flexibility index (Phi) is 7.02. The number of hydrogen-bond acceptors (Lipinski definition) is 3. The summed E-state index contributed by atoms with van der Waals surface area (Å²) in [5.41, 5.74) is 6.60. The highest BCUT2D eigenvalue weighted by Gasteiger charge is 2.32. The molecule has 2 heterocycles. The quantitative estimate of drug-likeness (QED) is 0.157. The van der Waals surface area contributed by atoms with E-state index < -0.39 is 0 Å². The number of hydrogen-bond donors (Lipinski definition) is 1. The number of carbonyl (C=O) groups excluding carboxylic acids is 1. The average Bonchev–Trinajstić information content (AvgIpc) is 3.19. The van der Waals surface area contributed by atoms with Gasteiger partial charge in [-0.05, 0) is 85.4 Å². The number of amides is 2. The number of aromatic nitrogens is 1. The van der Waals surface area contributed by atoms with Crippen LogP contribution in [0.5, 0.6) is 0 Å². The first-order chi connectivity index (χ1) is 17.0. The molecule has 6 heteroatoms. The molecule has 178 valence electrons. The number of anilines is 2. The Labute approximate surface area is 220 Å². The summed E-state index contributed by atoms with van der Waals surface area (Å²) in [6, 6.07) is 22.9. The minimum Gasteiger partial charge on any atom is -0.309 e. The van der Waals surface area contributed by atoms with Crippen LogP contribution < -0.4 is 10.2 Å². The van der Waals surface area contributed by atoms with E-state index in [1.807, 2.05) is 35.2 Å². The number of urea groups is 1. The van der Waals surface area contributed by atoms with Gasteiger partial charge in [0.25, 0.3) is 0 Å². The zero-order valence-electron chi connectivity index (χ0n) is 20.0. The highest BCUT2D eigenvalue weighted by atomic mass is 127. The smallest absolute Gasteiger partial charge is 0.309 e. The van der Waals surface area contributed by atoms with Gasteiger partial charge in [-0.1, -0.05) is 65.1 Å². The van der Waals surface area contributed by atoms with Crippen molar-refractivity contribution < 1.29 is 4.79 Å². The third-order valence-electron chi connectivity index (χ3n) is 6.52. The van der Waals surface area contributed by atoms with Gasteiger partial charge in [-0.3, -0.25) is 9.88 Å². The van der Waals surface area contributed by atoms with Crippen molar-refractivity contribution in [1.82, 2.24) is 9.88 Å². The molecule has 1 aromatic heterocycles. The minimum absolute atomic E-state index is 0.0852. The first kappa shape index (κ1) is 23.8. The van der Waals surface area contributed by atoms with E-state index in [0.717, 1.165) is 59.1 Å². The Morgan fingerprint density at radius 1 is 1.06 bits per heavy atom. The summed E-state index contributed by atoms with van der Waals surface area (Å²) in [5.74, 6) is 0. The van der Waals surface area contributed by atoms with Crippen LogP contribution in [0.1, 0.15) is 17.5 Å². The molecule has 0 radical (unpaired) electrons. The number of alkyl halides is 1. The van der Waals surface area contributed by atoms with Gasteiger partial charge in [0.2, 0.25) is 0 Å². The van der Waals surface area contributed by atoms with Crippen LogP contribution in [-0.4, -0.2) is 40.6 Å². The molecule has 1 aliphatic heterocycles. The molecule has 0 fully saturated rings. The van der Waals surface area contributed by atoms with E-state index in [0.29, 0.717) is 0 Å². The van der Waals surface area contributed by atoms with Crippen molar-refractivity contribution in [3.63, 3.8) is 0 Å². The van der Waals surface area contributed by atoms with Crippen molar-refractivity contribution >= 4 is 50.8 Å². The lowest BCUT2D eigenvalue weighted by atomic mass is 9.98. The second-order valence-corrected chi connectivity index (χ2v) is 10.7. The van der Waals surface area contributed by atoms with Gasteiger partial charge in [-0.2, -0.15) is 0 Å². The predicted octanol–water partition coefficient (Wildman–Crippen LogP) is 6.75. The van der Waals surface area contributed by atoms with E-state index in [1.165, 1.54) is 11.1 Å². The van der Waals surface area contributed by atoms with E-state index in [-0.39, 0.29) is 10.1 Å². The molecular weight excluding hydrogens is 547 g/mol. The fraction of sp³-hybridized carbons (Fsp3) is 0.241. The van der Waals surface area contributed by atoms with Crippen molar-refractivity contribution in [2.24, 2.45) is 0 Å². The molecule has 5 nitrogen and oxygen atoms in total. The lowest BCUT2D eigenvalue weighted by molar-refractivity contribution is 0.257. The Morgan fingerprint density at radius 2 is 1.83 bits per heavy atom. The largest absolute Gasteiger partial charge is 0.327 e. The number of halogens is 1. The molecule has 4 aromatic rings. The number of fused-ring (bicyclic) bond motifs is 2. The van der Waals surface area contributed by atoms with Gasteiger partial charge in [0.1, 0.15) is 0 Å². The van der Waals surface area contributed by atoms with Crippen molar-refractivity contribution in [2.45, 2.75) is 23.3 Å². The van der Waals surface area contributed by atoms with Gasteiger partial charge in [-0.25, -0.2) is 4.79 Å². The molecule has 0 spiro atoms. The molecule has 1 atom stereocenters. The molecule has 0 unspecified atom stereocenters. The van der Waals surface area contributed by atoms with Crippen LogP contribution in [0.25, 0.3) is 21.9 Å². The first-order valence-corrected chi connectivity index (χ1v) is 13.2. The van der Waals surface area contributed by atoms with Gasteiger partial charge in [-0.15, -0.1) is 0 Å². The lowest BCUT2D eigenvalue weighted by Gasteiger charge is -2.23. The zero-order chi connectivity index (χ0) is 24.4. The molecule has 1 aliphatic rings. The van der Waals surface area contributed by atoms with Crippen molar-refractivity contribution in [1.29, 1.82) is 0 Å². The van der Waals surface area contributed by atoms with Gasteiger partial charge in [0, 0.05) is 24.2 Å². The molecule has 3 aromatic carbocycles. The SMILES string of the molecule is CN(C)CCCc1ccc2c(c1)N(C(=O)Nc1ccc(-c3ccncc3)c3ccccc13)[C@@H](I)C2. The Balaban J connectivity index is 1.42. The molecule has 2 amide bonds. The Morgan fingerprint density at radius 3 is 2.60 bits per heavy atom. The summed E-state index contributed by atoms with van der Waals surface area (Å²) < 4.78 is 0.0852. The number of aryl methyl sites for hydroxylation is 1. The number of benzene rings is 3. The maximum Gasteiger partial charge on any atom is 0.327 e. The third-order valence-corrected chi connectivity index (χ3v) is 7.52. The normalized spacial score (nSPS) is 15.0. The number of nitrogens with one attached hydrogen (secondary N) is 1. The third kappa shape index (κ3) is 5.04. The summed E-state index contributed by atoms with van der Waals surface area (Å²) >= 11 is 2.38. The topological polar surface area (TPSA) is 48.5 Å². The van der Waals surface area contributed by atoms with E-state index in [9.17, 15) is 4.79 Å². The van der Waals surface area contributed by atoms with Crippen molar-refractivity contribution in [3.05, 3.63) is 90.3 Å². The van der Waals surface area contributed by atoms with E-state index in [1.54, 1.807) is 12.4 Å². The molecule has 0 saturated carbocycles. The Hall–Kier alpha value is -2.97. The van der Waals surface area contributed by atoms with Crippen molar-refractivity contribution in [3.8, 4) is 11.1 Å². The van der Waals surface area contributed by atoms with E-state index >= 15 is 0 Å². The van der Waals surface area contributed by atoms with Crippen molar-refractivity contribution in [2.75, 3.05) is 30.9 Å². The minimum atomic E-state index is -0.0876. The standard InChI is InChI=1S/C29H29IN4O/c1-33(2)17-5-6-20-9-10-22-19-28(30)34(27(22)18-20)29(35)32-26-12-11-23(21-13-15-31-16-14-21)24-7-3-4-8-25(24)26/h3-4,7-16,18,28H,5-6,17,19H2,1-2H3,(H,32,35)/t28-/m1/s1. The summed E-state index contributed by atoms with van der Waals surface area (Å²) in [6.45, 7) is 1.05. The Bertz CT molecular complexity index is 1360. The number of nitrogens with zero attached hydrogens (tertiary/aromatic N) is 3. The fourth-order valence-electron chi connectivity index (χ4n) is 4.79. The van der Waals surface area contributed by atoms with Gasteiger partial charge in [0.15, 0.2) is 0 Å².